The van der Waals surface area contributed by atoms with Crippen LogP contribution in [0, 0.1) is 5.82 Å². The molecule has 114 valence electrons. The van der Waals surface area contributed by atoms with Crippen molar-refractivity contribution in [3.63, 3.8) is 0 Å². The van der Waals surface area contributed by atoms with Crippen LogP contribution in [-0.4, -0.2) is 11.0 Å². The van der Waals surface area contributed by atoms with Crippen molar-refractivity contribution in [2.45, 2.75) is 0 Å². The SMILES string of the molecule is O=C(NNC(=S)Nc1ccc(Cl)cc1)c1cc(F)ccc1Br. The molecule has 0 aliphatic rings. The van der Waals surface area contributed by atoms with Crippen LogP contribution in [0.3, 0.4) is 0 Å². The van der Waals surface area contributed by atoms with Gasteiger partial charge in [-0.1, -0.05) is 11.6 Å². The number of hydrogen-bond donors (Lipinski definition) is 3. The van der Waals surface area contributed by atoms with Gasteiger partial charge >= 0.3 is 0 Å². The molecule has 2 rings (SSSR count). The number of nitrogens with one attached hydrogen (secondary N) is 3. The fraction of sp³-hybridized carbons (Fsp3) is 0. The van der Waals surface area contributed by atoms with E-state index in [4.69, 9.17) is 23.8 Å². The van der Waals surface area contributed by atoms with E-state index in [2.05, 4.69) is 32.1 Å². The minimum absolute atomic E-state index is 0.154. The fourth-order valence-electron chi connectivity index (χ4n) is 1.55. The molecule has 3 N–H and O–H groups in total. The van der Waals surface area contributed by atoms with E-state index in [0.29, 0.717) is 15.2 Å². The molecular weight excluding hydrogens is 393 g/mol. The first-order chi connectivity index (χ1) is 10.5. The first kappa shape index (κ1) is 16.7. The van der Waals surface area contributed by atoms with Crippen LogP contribution in [0.25, 0.3) is 0 Å². The highest BCUT2D eigenvalue weighted by Crippen LogP contribution is 2.17. The molecule has 0 saturated carbocycles. The lowest BCUT2D eigenvalue weighted by atomic mass is 10.2. The average Bonchev–Trinajstić information content (AvgIpc) is 2.49. The molecule has 0 spiro atoms. The number of thiocarbonyl (C=S) groups is 1. The van der Waals surface area contributed by atoms with E-state index in [1.807, 2.05) is 0 Å². The summed E-state index contributed by atoms with van der Waals surface area (Å²) < 4.78 is 13.6. The molecule has 0 unspecified atom stereocenters. The summed E-state index contributed by atoms with van der Waals surface area (Å²) in [5.74, 6) is -1.03. The normalized spacial score (nSPS) is 9.95. The summed E-state index contributed by atoms with van der Waals surface area (Å²) in [6.45, 7) is 0. The highest BCUT2D eigenvalue weighted by atomic mass is 79.9. The van der Waals surface area contributed by atoms with Crippen molar-refractivity contribution < 1.29 is 9.18 Å². The zero-order valence-electron chi connectivity index (χ0n) is 11.0. The zero-order valence-corrected chi connectivity index (χ0v) is 14.2. The molecule has 0 saturated heterocycles. The molecule has 0 atom stereocenters. The second kappa shape index (κ2) is 7.53. The van der Waals surface area contributed by atoms with Gasteiger partial charge in [-0.05, 0) is 70.6 Å². The molecule has 2 aromatic rings. The standard InChI is InChI=1S/C14H10BrClFN3OS/c15-12-6-3-9(17)7-11(12)13(21)19-20-14(22)18-10-4-1-8(16)2-5-10/h1-7H,(H,19,21)(H2,18,20,22). The number of hydrazine groups is 1. The lowest BCUT2D eigenvalue weighted by Crippen LogP contribution is -2.43. The van der Waals surface area contributed by atoms with Crippen LogP contribution in [0.5, 0.6) is 0 Å². The molecule has 0 heterocycles. The van der Waals surface area contributed by atoms with Gasteiger partial charge in [-0.25, -0.2) is 4.39 Å². The maximum absolute atomic E-state index is 13.2. The Kier molecular flexibility index (Phi) is 5.70. The molecule has 0 fully saturated rings. The Balaban J connectivity index is 1.91. The third kappa shape index (κ3) is 4.66. The molecule has 22 heavy (non-hydrogen) atoms. The van der Waals surface area contributed by atoms with Gasteiger partial charge in [-0.15, -0.1) is 0 Å². The van der Waals surface area contributed by atoms with E-state index >= 15 is 0 Å². The Morgan fingerprint density at radius 1 is 1.14 bits per heavy atom. The predicted octanol–water partition coefficient (Wildman–Crippen LogP) is 3.87. The summed E-state index contributed by atoms with van der Waals surface area (Å²) in [5, 5.41) is 3.65. The van der Waals surface area contributed by atoms with E-state index in [1.54, 1.807) is 24.3 Å². The van der Waals surface area contributed by atoms with Crippen LogP contribution in [-0.2, 0) is 0 Å². The number of carbonyl (C=O) groups excluding carboxylic acids is 1. The minimum Gasteiger partial charge on any atom is -0.331 e. The maximum Gasteiger partial charge on any atom is 0.270 e. The van der Waals surface area contributed by atoms with E-state index < -0.39 is 11.7 Å². The monoisotopic (exact) mass is 401 g/mol. The van der Waals surface area contributed by atoms with Crippen molar-refractivity contribution in [1.82, 2.24) is 10.9 Å². The van der Waals surface area contributed by atoms with Gasteiger partial charge in [0.2, 0.25) is 0 Å². The first-order valence-electron chi connectivity index (χ1n) is 6.03. The van der Waals surface area contributed by atoms with Gasteiger partial charge < -0.3 is 5.32 Å². The smallest absolute Gasteiger partial charge is 0.270 e. The number of benzene rings is 2. The quantitative estimate of drug-likeness (QED) is 0.527. The Morgan fingerprint density at radius 3 is 2.50 bits per heavy atom. The van der Waals surface area contributed by atoms with Gasteiger partial charge in [-0.2, -0.15) is 0 Å². The second-order valence-electron chi connectivity index (χ2n) is 4.16. The van der Waals surface area contributed by atoms with Crippen molar-refractivity contribution >= 4 is 56.5 Å². The summed E-state index contributed by atoms with van der Waals surface area (Å²) in [7, 11) is 0. The van der Waals surface area contributed by atoms with Gasteiger partial charge in [-0.3, -0.25) is 15.6 Å². The largest absolute Gasteiger partial charge is 0.331 e. The molecule has 2 aromatic carbocycles. The third-order valence-electron chi connectivity index (χ3n) is 2.56. The van der Waals surface area contributed by atoms with Crippen LogP contribution < -0.4 is 16.2 Å². The highest BCUT2D eigenvalue weighted by Gasteiger charge is 2.11. The van der Waals surface area contributed by atoms with E-state index in [-0.39, 0.29) is 10.7 Å². The highest BCUT2D eigenvalue weighted by molar-refractivity contribution is 9.10. The van der Waals surface area contributed by atoms with E-state index in [0.717, 1.165) is 6.07 Å². The van der Waals surface area contributed by atoms with Crippen molar-refractivity contribution in [2.75, 3.05) is 5.32 Å². The van der Waals surface area contributed by atoms with Crippen LogP contribution in [0.15, 0.2) is 46.9 Å². The van der Waals surface area contributed by atoms with Crippen molar-refractivity contribution in [3.8, 4) is 0 Å². The summed E-state index contributed by atoms with van der Waals surface area (Å²) in [4.78, 5) is 11.9. The van der Waals surface area contributed by atoms with Crippen LogP contribution in [0.4, 0.5) is 10.1 Å². The Labute approximate surface area is 145 Å². The number of hydrogen-bond acceptors (Lipinski definition) is 2. The van der Waals surface area contributed by atoms with E-state index in [1.165, 1.54) is 12.1 Å². The van der Waals surface area contributed by atoms with Crippen LogP contribution in [0.1, 0.15) is 10.4 Å². The number of carbonyl (C=O) groups is 1. The molecule has 0 aliphatic carbocycles. The lowest BCUT2D eigenvalue weighted by Gasteiger charge is -2.12. The van der Waals surface area contributed by atoms with Crippen molar-refractivity contribution in [2.24, 2.45) is 0 Å². The molecule has 4 nitrogen and oxygen atoms in total. The number of halogens is 3. The molecule has 1 amide bonds. The Hall–Kier alpha value is -1.70. The summed E-state index contributed by atoms with van der Waals surface area (Å²) in [6.07, 6.45) is 0. The summed E-state index contributed by atoms with van der Waals surface area (Å²) in [6, 6.07) is 10.7. The van der Waals surface area contributed by atoms with Gasteiger partial charge in [0, 0.05) is 15.2 Å². The lowest BCUT2D eigenvalue weighted by molar-refractivity contribution is 0.0943. The van der Waals surface area contributed by atoms with Gasteiger partial charge in [0.05, 0.1) is 5.56 Å². The molecule has 0 bridgehead atoms. The molecule has 0 radical (unpaired) electrons. The fourth-order valence-corrected chi connectivity index (χ4v) is 2.27. The van der Waals surface area contributed by atoms with Crippen LogP contribution >= 0.6 is 39.7 Å². The Bertz CT molecular complexity index is 712. The van der Waals surface area contributed by atoms with E-state index in [9.17, 15) is 9.18 Å². The van der Waals surface area contributed by atoms with Gasteiger partial charge in [0.15, 0.2) is 5.11 Å². The number of amides is 1. The average molecular weight is 403 g/mol. The summed E-state index contributed by atoms with van der Waals surface area (Å²) >= 11 is 14.0. The van der Waals surface area contributed by atoms with Crippen LogP contribution in [0.2, 0.25) is 5.02 Å². The Morgan fingerprint density at radius 2 is 1.82 bits per heavy atom. The zero-order chi connectivity index (χ0) is 16.1. The molecule has 8 heteroatoms. The third-order valence-corrected chi connectivity index (χ3v) is 3.71. The number of rotatable bonds is 2. The molecule has 0 aromatic heterocycles. The minimum atomic E-state index is -0.522. The second-order valence-corrected chi connectivity index (χ2v) is 5.86. The number of anilines is 1. The van der Waals surface area contributed by atoms with Gasteiger partial charge in [0.25, 0.3) is 5.91 Å². The van der Waals surface area contributed by atoms with Gasteiger partial charge in [0.1, 0.15) is 5.82 Å². The molecule has 0 aliphatic heterocycles. The summed E-state index contributed by atoms with van der Waals surface area (Å²) in [5.41, 5.74) is 5.78. The topological polar surface area (TPSA) is 53.2 Å². The predicted molar refractivity (Wildman–Crippen MR) is 92.4 cm³/mol. The van der Waals surface area contributed by atoms with Crippen molar-refractivity contribution in [3.05, 3.63) is 63.3 Å². The molecular formula is C14H10BrClFN3OS. The van der Waals surface area contributed by atoms with Crippen molar-refractivity contribution in [1.29, 1.82) is 0 Å². The maximum atomic E-state index is 13.2. The first-order valence-corrected chi connectivity index (χ1v) is 7.61.